The summed E-state index contributed by atoms with van der Waals surface area (Å²) in [5.41, 5.74) is 9.62. The molecule has 4 aromatic carbocycles. The van der Waals surface area contributed by atoms with Crippen LogP contribution in [-0.2, 0) is 9.59 Å². The van der Waals surface area contributed by atoms with Crippen LogP contribution in [0.25, 0.3) is 28.0 Å². The molecule has 2 saturated heterocycles. The number of carbonyl (C=O) groups excluding carboxylic acids is 2. The normalized spacial score (nSPS) is 19.4. The number of H-pyrrole nitrogens is 1. The van der Waals surface area contributed by atoms with Crippen LogP contribution in [0.5, 0.6) is 0 Å². The summed E-state index contributed by atoms with van der Waals surface area (Å²) in [6.07, 6.45) is 6.43. The van der Waals surface area contributed by atoms with Gasteiger partial charge in [0.15, 0.2) is 0 Å². The Morgan fingerprint density at radius 3 is 1.86 bits per heavy atom. The first kappa shape index (κ1) is 37.6. The number of likely N-dealkylation sites (tertiary alicyclic amines) is 1. The molecule has 0 bridgehead atoms. The van der Waals surface area contributed by atoms with Gasteiger partial charge in [-0.15, -0.1) is 11.8 Å². The Kier molecular flexibility index (Phi) is 11.0. The average molecular weight is 764 g/mol. The molecule has 4 atom stereocenters. The van der Waals surface area contributed by atoms with E-state index in [9.17, 15) is 9.59 Å². The lowest BCUT2D eigenvalue weighted by atomic mass is 9.98. The number of thioether (sulfide) groups is 1. The van der Waals surface area contributed by atoms with Gasteiger partial charge < -0.3 is 14.8 Å². The number of allylic oxidation sites excluding steroid dienone is 1. The number of amides is 2. The molecule has 1 aromatic heterocycles. The number of rotatable bonds is 11. The molecule has 2 amide bonds. The zero-order valence-electron chi connectivity index (χ0n) is 32.5. The van der Waals surface area contributed by atoms with Gasteiger partial charge in [0.1, 0.15) is 23.3 Å². The molecular formula is C46H49N7O2S. The molecule has 4 heterocycles. The third kappa shape index (κ3) is 7.61. The van der Waals surface area contributed by atoms with Gasteiger partial charge in [-0.1, -0.05) is 109 Å². The summed E-state index contributed by atoms with van der Waals surface area (Å²) in [5.74, 6) is 1.97. The number of hydrogen-bond acceptors (Lipinski definition) is 7. The van der Waals surface area contributed by atoms with Crippen molar-refractivity contribution in [3.05, 3.63) is 144 Å². The number of aliphatic imine (C=N–C) groups is 1. The Hall–Kier alpha value is -5.29. The van der Waals surface area contributed by atoms with Crippen molar-refractivity contribution in [2.75, 3.05) is 47.0 Å². The van der Waals surface area contributed by atoms with E-state index >= 15 is 0 Å². The SMILES string of the molecule is CN(C)[C@@H](C(=O)N1CCS[C@H]1C1=NC=C(c2ccc(-c3ccc(-c4cnc([C@@H]5CCCN5C(=O)[C@@H](c5ccccc5)N(C)C)[nH]4)cc3)cc2)C1)c1ccccc1. The lowest BCUT2D eigenvalue weighted by Crippen LogP contribution is -2.45. The van der Waals surface area contributed by atoms with E-state index in [0.717, 1.165) is 88.7 Å². The van der Waals surface area contributed by atoms with Crippen LogP contribution in [0.2, 0.25) is 0 Å². The second kappa shape index (κ2) is 16.4. The van der Waals surface area contributed by atoms with Crippen LogP contribution in [0.3, 0.4) is 0 Å². The predicted octanol–water partition coefficient (Wildman–Crippen LogP) is 8.10. The Morgan fingerprint density at radius 2 is 1.27 bits per heavy atom. The summed E-state index contributed by atoms with van der Waals surface area (Å²) in [4.78, 5) is 49.1. The average Bonchev–Trinajstić information content (AvgIpc) is 4.06. The molecule has 0 aliphatic carbocycles. The predicted molar refractivity (Wildman–Crippen MR) is 227 cm³/mol. The van der Waals surface area contributed by atoms with Crippen molar-refractivity contribution in [1.82, 2.24) is 29.6 Å². The summed E-state index contributed by atoms with van der Waals surface area (Å²) >= 11 is 1.81. The van der Waals surface area contributed by atoms with Gasteiger partial charge in [-0.05, 0) is 80.0 Å². The lowest BCUT2D eigenvalue weighted by molar-refractivity contribution is -0.137. The van der Waals surface area contributed by atoms with Crippen LogP contribution in [0.15, 0.2) is 127 Å². The topological polar surface area (TPSA) is 88.1 Å². The van der Waals surface area contributed by atoms with Gasteiger partial charge in [-0.2, -0.15) is 0 Å². The fourth-order valence-corrected chi connectivity index (χ4v) is 9.59. The monoisotopic (exact) mass is 763 g/mol. The van der Waals surface area contributed by atoms with Gasteiger partial charge in [-0.25, -0.2) is 4.98 Å². The summed E-state index contributed by atoms with van der Waals surface area (Å²) in [6, 6.07) is 36.5. The first-order valence-electron chi connectivity index (χ1n) is 19.4. The van der Waals surface area contributed by atoms with E-state index in [1.165, 1.54) is 5.57 Å². The Morgan fingerprint density at radius 1 is 0.714 bits per heavy atom. The third-order valence-electron chi connectivity index (χ3n) is 11.2. The van der Waals surface area contributed by atoms with E-state index in [-0.39, 0.29) is 35.3 Å². The zero-order chi connectivity index (χ0) is 38.8. The van der Waals surface area contributed by atoms with E-state index in [1.807, 2.05) is 121 Å². The molecule has 56 heavy (non-hydrogen) atoms. The van der Waals surface area contributed by atoms with Crippen molar-refractivity contribution in [3.63, 3.8) is 0 Å². The number of nitrogens with one attached hydrogen (secondary N) is 1. The van der Waals surface area contributed by atoms with Gasteiger partial charge in [0.05, 0.1) is 23.6 Å². The van der Waals surface area contributed by atoms with Gasteiger partial charge in [-0.3, -0.25) is 24.4 Å². The van der Waals surface area contributed by atoms with Gasteiger partial charge >= 0.3 is 0 Å². The highest BCUT2D eigenvalue weighted by molar-refractivity contribution is 8.00. The Bertz CT molecular complexity index is 2220. The molecule has 286 valence electrons. The maximum absolute atomic E-state index is 13.9. The van der Waals surface area contributed by atoms with Crippen molar-refractivity contribution in [2.45, 2.75) is 42.8 Å². The van der Waals surface area contributed by atoms with Crippen molar-refractivity contribution in [3.8, 4) is 22.4 Å². The quantitative estimate of drug-likeness (QED) is 0.146. The summed E-state index contributed by atoms with van der Waals surface area (Å²) < 4.78 is 0. The fraction of sp³-hybridized carbons (Fsp3) is 0.304. The molecule has 8 rings (SSSR count). The van der Waals surface area contributed by atoms with E-state index in [1.54, 1.807) is 11.8 Å². The van der Waals surface area contributed by atoms with E-state index in [2.05, 4.69) is 53.5 Å². The first-order valence-corrected chi connectivity index (χ1v) is 20.5. The smallest absolute Gasteiger partial charge is 0.245 e. The molecular weight excluding hydrogens is 715 g/mol. The fourth-order valence-electron chi connectivity index (χ4n) is 8.34. The molecule has 1 N–H and O–H groups in total. The number of likely N-dealkylation sites (N-methyl/N-ethyl adjacent to an activating group) is 2. The number of aromatic amines is 1. The van der Waals surface area contributed by atoms with Crippen LogP contribution >= 0.6 is 11.8 Å². The molecule has 0 radical (unpaired) electrons. The maximum Gasteiger partial charge on any atom is 0.245 e. The van der Waals surface area contributed by atoms with Gasteiger partial charge in [0.25, 0.3) is 0 Å². The highest BCUT2D eigenvalue weighted by Gasteiger charge is 2.39. The number of nitrogens with zero attached hydrogens (tertiary/aromatic N) is 6. The minimum absolute atomic E-state index is 0.0548. The maximum atomic E-state index is 13.9. The number of aromatic nitrogens is 2. The highest BCUT2D eigenvalue weighted by atomic mass is 32.2. The molecule has 0 saturated carbocycles. The van der Waals surface area contributed by atoms with Crippen molar-refractivity contribution in [2.24, 2.45) is 4.99 Å². The van der Waals surface area contributed by atoms with Crippen molar-refractivity contribution >= 4 is 34.9 Å². The Labute approximate surface area is 334 Å². The van der Waals surface area contributed by atoms with Crippen LogP contribution < -0.4 is 0 Å². The van der Waals surface area contributed by atoms with Crippen LogP contribution in [0.4, 0.5) is 0 Å². The molecule has 5 aromatic rings. The number of benzene rings is 4. The number of imidazole rings is 1. The molecule has 9 nitrogen and oxygen atoms in total. The van der Waals surface area contributed by atoms with Crippen LogP contribution in [0, 0.1) is 0 Å². The molecule has 0 spiro atoms. The molecule has 3 aliphatic rings. The van der Waals surface area contributed by atoms with Crippen molar-refractivity contribution < 1.29 is 9.59 Å². The van der Waals surface area contributed by atoms with Crippen LogP contribution in [0.1, 0.15) is 59.9 Å². The van der Waals surface area contributed by atoms with Gasteiger partial charge in [0, 0.05) is 31.5 Å². The summed E-state index contributed by atoms with van der Waals surface area (Å²) in [7, 11) is 7.86. The lowest BCUT2D eigenvalue weighted by Gasteiger charge is -2.31. The van der Waals surface area contributed by atoms with Crippen LogP contribution in [-0.4, -0.2) is 99.5 Å². The zero-order valence-corrected chi connectivity index (χ0v) is 33.3. The molecule has 3 aliphatic heterocycles. The number of hydrogen-bond donors (Lipinski definition) is 1. The van der Waals surface area contributed by atoms with Gasteiger partial charge in [0.2, 0.25) is 11.8 Å². The minimum atomic E-state index is -0.339. The highest BCUT2D eigenvalue weighted by Crippen LogP contribution is 2.37. The first-order chi connectivity index (χ1) is 27.3. The summed E-state index contributed by atoms with van der Waals surface area (Å²) in [6.45, 7) is 1.45. The standard InChI is InChI=1S/C46H49N7O2S/c1-50(2)41(35-12-7-5-8-13-35)44(54)52-25-11-16-40(52)43-48-30-39(49-43)34-23-21-32(22-24-34)31-17-19-33(20-18-31)37-28-38(47-29-37)46-53(26-27-56-46)45(55)42(51(3)4)36-14-9-6-10-15-36/h5-10,12-15,17-24,29-30,40-42,46H,11,16,25-28H2,1-4H3,(H,48,49)/t40-,41+,42+,46-/m0/s1. The second-order valence-electron chi connectivity index (χ2n) is 15.3. The largest absolute Gasteiger partial charge is 0.340 e. The van der Waals surface area contributed by atoms with E-state index < -0.39 is 0 Å². The van der Waals surface area contributed by atoms with E-state index in [4.69, 9.17) is 9.98 Å². The van der Waals surface area contributed by atoms with E-state index in [0.29, 0.717) is 0 Å². The molecule has 10 heteroatoms. The van der Waals surface area contributed by atoms with Crippen molar-refractivity contribution in [1.29, 1.82) is 0 Å². The molecule has 2 fully saturated rings. The second-order valence-corrected chi connectivity index (χ2v) is 16.5. The minimum Gasteiger partial charge on any atom is -0.340 e. The Balaban J connectivity index is 0.901. The molecule has 0 unspecified atom stereocenters. The summed E-state index contributed by atoms with van der Waals surface area (Å²) in [5, 5.41) is -0.0548. The number of carbonyl (C=O) groups is 2. The third-order valence-corrected chi connectivity index (χ3v) is 12.4.